The van der Waals surface area contributed by atoms with Gasteiger partial charge in [-0.25, -0.2) is 0 Å². The van der Waals surface area contributed by atoms with Crippen LogP contribution in [0.15, 0.2) is 24.3 Å². The van der Waals surface area contributed by atoms with Crippen LogP contribution >= 0.6 is 0 Å². The van der Waals surface area contributed by atoms with Crippen molar-refractivity contribution in [2.45, 2.75) is 33.1 Å². The van der Waals surface area contributed by atoms with E-state index < -0.39 is 0 Å². The number of carbonyl (C=O) groups excluding carboxylic acids is 2. The van der Waals surface area contributed by atoms with E-state index >= 15 is 0 Å². The van der Waals surface area contributed by atoms with Gasteiger partial charge >= 0.3 is 0 Å². The zero-order valence-electron chi connectivity index (χ0n) is 11.7. The fraction of sp³-hybridized carbons (Fsp3) is 0.500. The number of rotatable bonds is 3. The summed E-state index contributed by atoms with van der Waals surface area (Å²) in [5.74, 6) is 0.370. The van der Waals surface area contributed by atoms with Crippen molar-refractivity contribution >= 4 is 11.7 Å². The molecule has 0 aliphatic carbocycles. The summed E-state index contributed by atoms with van der Waals surface area (Å²) in [7, 11) is 0. The van der Waals surface area contributed by atoms with Crippen molar-refractivity contribution in [2.75, 3.05) is 13.1 Å². The number of hydrogen-bond acceptors (Lipinski definition) is 2. The average molecular weight is 259 g/mol. The van der Waals surface area contributed by atoms with Gasteiger partial charge in [-0.1, -0.05) is 26.0 Å². The van der Waals surface area contributed by atoms with Crippen LogP contribution < -0.4 is 0 Å². The number of likely N-dealkylation sites (tertiary alicyclic amines) is 1. The van der Waals surface area contributed by atoms with Crippen LogP contribution in [-0.2, 0) is 11.2 Å². The average Bonchev–Trinajstić information content (AvgIpc) is 2.47. The van der Waals surface area contributed by atoms with Gasteiger partial charge in [0.2, 0.25) is 0 Å². The molecule has 3 nitrogen and oxygen atoms in total. The van der Waals surface area contributed by atoms with Crippen LogP contribution in [0.2, 0.25) is 0 Å². The van der Waals surface area contributed by atoms with Gasteiger partial charge in [0.05, 0.1) is 0 Å². The normalized spacial score (nSPS) is 19.6. The maximum Gasteiger partial charge on any atom is 0.253 e. The quantitative estimate of drug-likeness (QED) is 0.837. The highest BCUT2D eigenvalue weighted by atomic mass is 16.2. The van der Waals surface area contributed by atoms with Crippen molar-refractivity contribution in [3.8, 4) is 0 Å². The predicted octanol–water partition coefficient (Wildman–Crippen LogP) is 2.69. The molecule has 0 saturated carbocycles. The summed E-state index contributed by atoms with van der Waals surface area (Å²) < 4.78 is 0. The molecule has 1 heterocycles. The molecule has 0 spiro atoms. The first-order chi connectivity index (χ1) is 9.15. The number of Topliss-reactive ketones (excluding diaryl/α,β-unsaturated/α-hetero) is 1. The van der Waals surface area contributed by atoms with Crippen molar-refractivity contribution in [1.29, 1.82) is 0 Å². The second kappa shape index (κ2) is 6.00. The van der Waals surface area contributed by atoms with E-state index in [9.17, 15) is 9.59 Å². The lowest BCUT2D eigenvalue weighted by molar-refractivity contribution is -0.125. The Kier molecular flexibility index (Phi) is 4.35. The minimum absolute atomic E-state index is 0.0209. The number of ketones is 1. The maximum absolute atomic E-state index is 12.4. The molecular weight excluding hydrogens is 238 g/mol. The van der Waals surface area contributed by atoms with Crippen LogP contribution in [0.4, 0.5) is 0 Å². The molecule has 2 rings (SSSR count). The Morgan fingerprint density at radius 1 is 1.26 bits per heavy atom. The number of benzene rings is 1. The van der Waals surface area contributed by atoms with Crippen molar-refractivity contribution in [3.63, 3.8) is 0 Å². The molecule has 1 unspecified atom stereocenters. The first-order valence-corrected chi connectivity index (χ1v) is 7.06. The van der Waals surface area contributed by atoms with Crippen LogP contribution in [0.3, 0.4) is 0 Å². The standard InChI is InChI=1S/C16H21NO2/c1-3-12-5-7-14(8-6-12)16(19)17-10-9-15(18)13(4-2)11-17/h5-8,13H,3-4,9-11H2,1-2H3. The van der Waals surface area contributed by atoms with Crippen LogP contribution in [0.5, 0.6) is 0 Å². The maximum atomic E-state index is 12.4. The zero-order chi connectivity index (χ0) is 13.8. The Bertz CT molecular complexity index is 464. The zero-order valence-corrected chi connectivity index (χ0v) is 11.7. The van der Waals surface area contributed by atoms with Gasteiger partial charge in [0.15, 0.2) is 0 Å². The summed E-state index contributed by atoms with van der Waals surface area (Å²) in [5.41, 5.74) is 1.96. The van der Waals surface area contributed by atoms with E-state index in [-0.39, 0.29) is 11.8 Å². The fourth-order valence-corrected chi connectivity index (χ4v) is 2.52. The second-order valence-electron chi connectivity index (χ2n) is 5.12. The number of aryl methyl sites for hydroxylation is 1. The van der Waals surface area contributed by atoms with Crippen molar-refractivity contribution < 1.29 is 9.59 Å². The Labute approximate surface area is 114 Å². The topological polar surface area (TPSA) is 37.4 Å². The van der Waals surface area contributed by atoms with E-state index in [1.165, 1.54) is 5.56 Å². The number of amides is 1. The molecule has 1 saturated heterocycles. The first-order valence-electron chi connectivity index (χ1n) is 7.06. The molecule has 1 fully saturated rings. The molecule has 1 aliphatic heterocycles. The highest BCUT2D eigenvalue weighted by molar-refractivity contribution is 5.95. The van der Waals surface area contributed by atoms with E-state index in [2.05, 4.69) is 6.92 Å². The molecular formula is C16H21NO2. The third-order valence-electron chi connectivity index (χ3n) is 3.91. The molecule has 0 bridgehead atoms. The Morgan fingerprint density at radius 3 is 2.53 bits per heavy atom. The second-order valence-corrected chi connectivity index (χ2v) is 5.12. The third kappa shape index (κ3) is 3.03. The van der Waals surface area contributed by atoms with Crippen LogP contribution in [0, 0.1) is 5.92 Å². The van der Waals surface area contributed by atoms with Crippen molar-refractivity contribution in [2.24, 2.45) is 5.92 Å². The summed E-state index contributed by atoms with van der Waals surface area (Å²) in [6.45, 7) is 5.24. The van der Waals surface area contributed by atoms with Gasteiger partial charge in [0, 0.05) is 31.0 Å². The molecule has 1 atom stereocenters. The Hall–Kier alpha value is -1.64. The van der Waals surface area contributed by atoms with Gasteiger partial charge in [0.1, 0.15) is 5.78 Å². The number of hydrogen-bond donors (Lipinski definition) is 0. The summed E-state index contributed by atoms with van der Waals surface area (Å²) >= 11 is 0. The van der Waals surface area contributed by atoms with Gasteiger partial charge in [-0.15, -0.1) is 0 Å². The molecule has 1 amide bonds. The summed E-state index contributed by atoms with van der Waals surface area (Å²) in [4.78, 5) is 25.9. The van der Waals surface area contributed by atoms with Gasteiger partial charge in [-0.05, 0) is 30.5 Å². The number of carbonyl (C=O) groups is 2. The van der Waals surface area contributed by atoms with Gasteiger partial charge < -0.3 is 4.90 Å². The monoisotopic (exact) mass is 259 g/mol. The van der Waals surface area contributed by atoms with Crippen LogP contribution in [0.1, 0.15) is 42.6 Å². The number of nitrogens with zero attached hydrogens (tertiary/aromatic N) is 1. The van der Waals surface area contributed by atoms with E-state index in [0.717, 1.165) is 18.4 Å². The lowest BCUT2D eigenvalue weighted by Gasteiger charge is -2.31. The van der Waals surface area contributed by atoms with Gasteiger partial charge in [0.25, 0.3) is 5.91 Å². The van der Waals surface area contributed by atoms with Crippen LogP contribution in [0.25, 0.3) is 0 Å². The SMILES string of the molecule is CCc1ccc(C(=O)N2CCC(=O)C(CC)C2)cc1. The lowest BCUT2D eigenvalue weighted by Crippen LogP contribution is -2.43. The molecule has 0 radical (unpaired) electrons. The third-order valence-corrected chi connectivity index (χ3v) is 3.91. The fourth-order valence-electron chi connectivity index (χ4n) is 2.52. The summed E-state index contributed by atoms with van der Waals surface area (Å²) in [6.07, 6.45) is 2.29. The largest absolute Gasteiger partial charge is 0.337 e. The molecule has 0 aromatic heterocycles. The van der Waals surface area contributed by atoms with Crippen LogP contribution in [-0.4, -0.2) is 29.7 Å². The smallest absolute Gasteiger partial charge is 0.253 e. The van der Waals surface area contributed by atoms with E-state index in [1.54, 1.807) is 0 Å². The van der Waals surface area contributed by atoms with E-state index in [4.69, 9.17) is 0 Å². The Morgan fingerprint density at radius 2 is 1.95 bits per heavy atom. The van der Waals surface area contributed by atoms with E-state index in [1.807, 2.05) is 36.1 Å². The molecule has 1 aromatic rings. The van der Waals surface area contributed by atoms with E-state index in [0.29, 0.717) is 25.3 Å². The predicted molar refractivity (Wildman–Crippen MR) is 75.1 cm³/mol. The summed E-state index contributed by atoms with van der Waals surface area (Å²) in [6, 6.07) is 7.77. The molecule has 0 N–H and O–H groups in total. The highest BCUT2D eigenvalue weighted by Gasteiger charge is 2.28. The first kappa shape index (κ1) is 13.8. The highest BCUT2D eigenvalue weighted by Crippen LogP contribution is 2.18. The molecule has 19 heavy (non-hydrogen) atoms. The molecule has 102 valence electrons. The Balaban J connectivity index is 2.08. The molecule has 3 heteroatoms. The summed E-state index contributed by atoms with van der Waals surface area (Å²) in [5, 5.41) is 0. The van der Waals surface area contributed by atoms with Gasteiger partial charge in [-0.3, -0.25) is 9.59 Å². The van der Waals surface area contributed by atoms with Crippen molar-refractivity contribution in [3.05, 3.63) is 35.4 Å². The van der Waals surface area contributed by atoms with Crippen molar-refractivity contribution in [1.82, 2.24) is 4.90 Å². The minimum Gasteiger partial charge on any atom is -0.337 e. The number of piperidine rings is 1. The van der Waals surface area contributed by atoms with Gasteiger partial charge in [-0.2, -0.15) is 0 Å². The molecule has 1 aromatic carbocycles. The minimum atomic E-state index is 0.0209. The molecule has 1 aliphatic rings. The lowest BCUT2D eigenvalue weighted by atomic mass is 9.93.